The predicted octanol–water partition coefficient (Wildman–Crippen LogP) is 9.87. The lowest BCUT2D eigenvalue weighted by atomic mass is 10.0. The van der Waals surface area contributed by atoms with Crippen LogP contribution in [-0.4, -0.2) is 47.9 Å². The van der Waals surface area contributed by atoms with Crippen molar-refractivity contribution < 1.29 is 41.4 Å². The Hall–Kier alpha value is -3.86. The summed E-state index contributed by atoms with van der Waals surface area (Å²) in [5.74, 6) is -3.57. The van der Waals surface area contributed by atoms with Gasteiger partial charge in [0.25, 0.3) is 0 Å². The average molecular weight is 675 g/mol. The molecule has 0 aliphatic carbocycles. The SMILES string of the molecule is CCCCCCCCCCCCc1cnc(-c2ccccc2C(=O)Oc2ccc(C(=O)O[C@H](CCCCOC)C(F)(F)F)cc2F)nc1. The van der Waals surface area contributed by atoms with Gasteiger partial charge in [-0.2, -0.15) is 13.2 Å². The highest BCUT2D eigenvalue weighted by Crippen LogP contribution is 2.29. The number of halogens is 4. The molecule has 0 saturated heterocycles. The number of aryl methyl sites for hydroxylation is 1. The normalized spacial score (nSPS) is 12.1. The molecule has 0 spiro atoms. The molecule has 3 aromatic rings. The lowest BCUT2D eigenvalue weighted by Crippen LogP contribution is -2.34. The van der Waals surface area contributed by atoms with E-state index < -0.39 is 47.8 Å². The summed E-state index contributed by atoms with van der Waals surface area (Å²) in [7, 11) is 1.43. The van der Waals surface area contributed by atoms with Crippen LogP contribution in [0.4, 0.5) is 17.6 Å². The molecule has 0 aliphatic rings. The van der Waals surface area contributed by atoms with Gasteiger partial charge < -0.3 is 14.2 Å². The average Bonchev–Trinajstić information content (AvgIpc) is 3.07. The molecule has 11 heteroatoms. The maximum Gasteiger partial charge on any atom is 0.425 e. The Bertz CT molecular complexity index is 1420. The summed E-state index contributed by atoms with van der Waals surface area (Å²) >= 11 is 0. The predicted molar refractivity (Wildman–Crippen MR) is 175 cm³/mol. The zero-order valence-electron chi connectivity index (χ0n) is 27.8. The van der Waals surface area contributed by atoms with E-state index in [1.807, 2.05) is 0 Å². The highest BCUT2D eigenvalue weighted by Gasteiger charge is 2.42. The van der Waals surface area contributed by atoms with E-state index in [1.165, 1.54) is 64.5 Å². The highest BCUT2D eigenvalue weighted by atomic mass is 19.4. The van der Waals surface area contributed by atoms with Gasteiger partial charge in [0.1, 0.15) is 0 Å². The van der Waals surface area contributed by atoms with E-state index in [1.54, 1.807) is 30.6 Å². The van der Waals surface area contributed by atoms with Gasteiger partial charge in [0, 0.05) is 31.7 Å². The van der Waals surface area contributed by atoms with Gasteiger partial charge in [-0.15, -0.1) is 0 Å². The summed E-state index contributed by atoms with van der Waals surface area (Å²) < 4.78 is 69.9. The van der Waals surface area contributed by atoms with Crippen molar-refractivity contribution >= 4 is 11.9 Å². The molecule has 2 aromatic carbocycles. The molecule has 0 fully saturated rings. The molecule has 1 atom stereocenters. The molecule has 0 radical (unpaired) electrons. The minimum absolute atomic E-state index is 0.0873. The summed E-state index contributed by atoms with van der Waals surface area (Å²) in [6, 6.07) is 9.16. The molecule has 0 saturated carbocycles. The number of aromatic nitrogens is 2. The molecule has 0 unspecified atom stereocenters. The molecule has 1 aromatic heterocycles. The van der Waals surface area contributed by atoms with E-state index in [4.69, 9.17) is 9.47 Å². The third-order valence-electron chi connectivity index (χ3n) is 7.96. The molecular formula is C37H46F4N2O5. The van der Waals surface area contributed by atoms with E-state index >= 15 is 0 Å². The number of esters is 2. The third-order valence-corrected chi connectivity index (χ3v) is 7.96. The summed E-state index contributed by atoms with van der Waals surface area (Å²) in [4.78, 5) is 34.4. The number of methoxy groups -OCH3 is 1. The summed E-state index contributed by atoms with van der Waals surface area (Å²) in [6.45, 7) is 2.50. The molecule has 0 bridgehead atoms. The van der Waals surface area contributed by atoms with Crippen molar-refractivity contribution in [1.82, 2.24) is 9.97 Å². The van der Waals surface area contributed by atoms with Gasteiger partial charge in [0.05, 0.1) is 11.1 Å². The molecular weight excluding hydrogens is 628 g/mol. The van der Waals surface area contributed by atoms with Gasteiger partial charge >= 0.3 is 18.1 Å². The minimum atomic E-state index is -4.79. The van der Waals surface area contributed by atoms with Crippen molar-refractivity contribution in [2.45, 2.75) is 109 Å². The lowest BCUT2D eigenvalue weighted by Gasteiger charge is -2.20. The second-order valence-electron chi connectivity index (χ2n) is 11.9. The van der Waals surface area contributed by atoms with E-state index in [0.29, 0.717) is 23.9 Å². The van der Waals surface area contributed by atoms with E-state index in [2.05, 4.69) is 21.6 Å². The van der Waals surface area contributed by atoms with Gasteiger partial charge in [0.2, 0.25) is 0 Å². The van der Waals surface area contributed by atoms with Crippen molar-refractivity contribution in [3.8, 4) is 17.1 Å². The van der Waals surface area contributed by atoms with Crippen LogP contribution in [0.15, 0.2) is 54.9 Å². The Morgan fingerprint density at radius 2 is 1.46 bits per heavy atom. The smallest absolute Gasteiger partial charge is 0.425 e. The number of unbranched alkanes of at least 4 members (excludes halogenated alkanes) is 10. The third kappa shape index (κ3) is 13.0. The fraction of sp³-hybridized carbons (Fsp3) is 0.514. The topological polar surface area (TPSA) is 87.6 Å². The Balaban J connectivity index is 1.56. The van der Waals surface area contributed by atoms with Gasteiger partial charge in [-0.25, -0.2) is 23.9 Å². The van der Waals surface area contributed by atoms with Crippen LogP contribution in [0.3, 0.4) is 0 Å². The first-order valence-electron chi connectivity index (χ1n) is 16.8. The maximum absolute atomic E-state index is 14.9. The first-order valence-corrected chi connectivity index (χ1v) is 16.8. The molecule has 0 aliphatic heterocycles. The van der Waals surface area contributed by atoms with Crippen molar-refractivity contribution in [2.24, 2.45) is 0 Å². The number of hydrogen-bond acceptors (Lipinski definition) is 7. The molecule has 48 heavy (non-hydrogen) atoms. The van der Waals surface area contributed by atoms with Crippen LogP contribution in [0.2, 0.25) is 0 Å². The van der Waals surface area contributed by atoms with E-state index in [9.17, 15) is 27.2 Å². The molecule has 262 valence electrons. The monoisotopic (exact) mass is 674 g/mol. The fourth-order valence-electron chi connectivity index (χ4n) is 5.22. The standard InChI is InChI=1S/C37H46F4N2O5/c1-3-4-5-6-7-8-9-10-11-12-17-27-25-42-34(43-26-27)29-18-13-14-19-30(29)36(45)47-32-22-21-28(24-31(32)38)35(44)48-33(37(39,40)41)20-15-16-23-46-2/h13-14,18-19,21-22,24-26,33H,3-12,15-17,20,23H2,1-2H3/t33-/m1/s1. The van der Waals surface area contributed by atoms with Crippen molar-refractivity contribution in [3.05, 3.63) is 77.4 Å². The highest BCUT2D eigenvalue weighted by molar-refractivity contribution is 5.97. The van der Waals surface area contributed by atoms with Crippen LogP contribution in [-0.2, 0) is 15.9 Å². The molecule has 0 N–H and O–H groups in total. The minimum Gasteiger partial charge on any atom is -0.449 e. The number of hydrogen-bond donors (Lipinski definition) is 0. The number of alkyl halides is 3. The number of rotatable bonds is 21. The van der Waals surface area contributed by atoms with Gasteiger partial charge in [-0.1, -0.05) is 82.9 Å². The number of nitrogens with zero attached hydrogens (tertiary/aromatic N) is 2. The summed E-state index contributed by atoms with van der Waals surface area (Å²) in [5.41, 5.74) is 1.01. The number of ether oxygens (including phenoxy) is 3. The van der Waals surface area contributed by atoms with Crippen LogP contribution in [0.1, 0.15) is 117 Å². The Kier molecular flexibility index (Phi) is 16.5. The molecule has 1 heterocycles. The zero-order valence-corrected chi connectivity index (χ0v) is 27.8. The second kappa shape index (κ2) is 20.5. The van der Waals surface area contributed by atoms with E-state index in [-0.39, 0.29) is 18.6 Å². The van der Waals surface area contributed by atoms with Crippen LogP contribution in [0.5, 0.6) is 5.75 Å². The Morgan fingerprint density at radius 1 is 0.812 bits per heavy atom. The van der Waals surface area contributed by atoms with Crippen molar-refractivity contribution in [1.29, 1.82) is 0 Å². The maximum atomic E-state index is 14.9. The van der Waals surface area contributed by atoms with Gasteiger partial charge in [-0.3, -0.25) is 0 Å². The van der Waals surface area contributed by atoms with Gasteiger partial charge in [-0.05, 0) is 61.9 Å². The zero-order chi connectivity index (χ0) is 34.8. The van der Waals surface area contributed by atoms with Crippen LogP contribution < -0.4 is 4.74 Å². The summed E-state index contributed by atoms with van der Waals surface area (Å²) in [6.07, 6.45) is 9.71. The summed E-state index contributed by atoms with van der Waals surface area (Å²) in [5, 5.41) is 0. The molecule has 0 amide bonds. The first-order chi connectivity index (χ1) is 23.1. The Morgan fingerprint density at radius 3 is 2.08 bits per heavy atom. The first kappa shape index (κ1) is 38.6. The van der Waals surface area contributed by atoms with Crippen LogP contribution in [0.25, 0.3) is 11.4 Å². The van der Waals surface area contributed by atoms with Crippen LogP contribution in [0, 0.1) is 5.82 Å². The second-order valence-corrected chi connectivity index (χ2v) is 11.9. The largest absolute Gasteiger partial charge is 0.449 e. The van der Waals surface area contributed by atoms with Gasteiger partial charge in [0.15, 0.2) is 23.5 Å². The van der Waals surface area contributed by atoms with Crippen molar-refractivity contribution in [3.63, 3.8) is 0 Å². The Labute approximate surface area is 280 Å². The number of benzene rings is 2. The quantitative estimate of drug-likeness (QED) is 0.0481. The van der Waals surface area contributed by atoms with Crippen molar-refractivity contribution in [2.75, 3.05) is 13.7 Å². The van der Waals surface area contributed by atoms with E-state index in [0.717, 1.165) is 37.0 Å². The molecule has 3 rings (SSSR count). The number of carbonyl (C=O) groups excluding carboxylic acids is 2. The lowest BCUT2D eigenvalue weighted by molar-refractivity contribution is -0.206. The molecule has 7 nitrogen and oxygen atoms in total. The fourth-order valence-corrected chi connectivity index (χ4v) is 5.22. The van der Waals surface area contributed by atoms with Crippen LogP contribution >= 0.6 is 0 Å². The number of carbonyl (C=O) groups is 2.